The van der Waals surface area contributed by atoms with Gasteiger partial charge < -0.3 is 30.1 Å². The van der Waals surface area contributed by atoms with E-state index in [1.54, 1.807) is 18.2 Å². The fourth-order valence-corrected chi connectivity index (χ4v) is 1.49. The average Bonchev–Trinajstić information content (AvgIpc) is 2.58. The van der Waals surface area contributed by atoms with Gasteiger partial charge in [0.1, 0.15) is 19.0 Å². The van der Waals surface area contributed by atoms with E-state index in [1.165, 1.54) is 7.11 Å². The summed E-state index contributed by atoms with van der Waals surface area (Å²) in [6.07, 6.45) is 0.145. The lowest BCUT2D eigenvalue weighted by atomic mass is 10.2. The molecule has 1 atom stereocenters. The number of hydrogen-bond acceptors (Lipinski definition) is 7. The van der Waals surface area contributed by atoms with E-state index in [4.69, 9.17) is 29.3 Å². The van der Waals surface area contributed by atoms with Gasteiger partial charge in [-0.15, -0.1) is 0 Å². The predicted octanol–water partition coefficient (Wildman–Crippen LogP) is 0.401. The Bertz CT molecular complexity index is 561. The van der Waals surface area contributed by atoms with Crippen molar-refractivity contribution in [3.8, 4) is 11.5 Å². The number of rotatable bonds is 8. The lowest BCUT2D eigenvalue weighted by molar-refractivity contribution is -0.159. The van der Waals surface area contributed by atoms with Crippen LogP contribution in [0.4, 0.5) is 0 Å². The van der Waals surface area contributed by atoms with Crippen molar-refractivity contribution in [2.75, 3.05) is 20.3 Å². The fourth-order valence-electron chi connectivity index (χ4n) is 1.49. The molecule has 0 saturated carbocycles. The van der Waals surface area contributed by atoms with E-state index in [9.17, 15) is 9.90 Å². The number of nitrogens with one attached hydrogen (secondary N) is 1. The summed E-state index contributed by atoms with van der Waals surface area (Å²) in [6, 6.07) is 5.21. The minimum Gasteiger partial charge on any atom is -0.493 e. The second-order valence-electron chi connectivity index (χ2n) is 5.17. The molecule has 25 heavy (non-hydrogen) atoms. The molecule has 0 fully saturated rings. The van der Waals surface area contributed by atoms with Gasteiger partial charge in [-0.3, -0.25) is 4.79 Å². The van der Waals surface area contributed by atoms with E-state index in [-0.39, 0.29) is 6.61 Å². The summed E-state index contributed by atoms with van der Waals surface area (Å²) in [6.45, 7) is 4.65. The highest BCUT2D eigenvalue weighted by atomic mass is 16.5. The van der Waals surface area contributed by atoms with Crippen LogP contribution in [0.2, 0.25) is 0 Å². The van der Waals surface area contributed by atoms with Crippen LogP contribution in [0.25, 0.3) is 0 Å². The smallest absolute Gasteiger partial charge is 0.414 e. The Labute approximate surface area is 145 Å². The molecule has 0 spiro atoms. The topological polar surface area (TPSA) is 142 Å². The van der Waals surface area contributed by atoms with Crippen molar-refractivity contribution in [3.63, 3.8) is 0 Å². The summed E-state index contributed by atoms with van der Waals surface area (Å²) >= 11 is 0. The molecular weight excluding hydrogens is 334 g/mol. The predicted molar refractivity (Wildman–Crippen MR) is 88.3 cm³/mol. The second-order valence-corrected chi connectivity index (χ2v) is 5.17. The molecule has 9 nitrogen and oxygen atoms in total. The van der Waals surface area contributed by atoms with Crippen LogP contribution >= 0.6 is 0 Å². The standard InChI is InChI=1S/C14H21NO4.C2H2O4/c1-10(2)15-7-12(17)9-19-13-5-4-11(8-16)6-14(13)18-3;3-1(4)2(5)6/h4-6,8,10,12,15,17H,7,9H2,1-3H3;(H,3,4)(H,5,6). The summed E-state index contributed by atoms with van der Waals surface area (Å²) in [5.41, 5.74) is 0.520. The fraction of sp³-hybridized carbons (Fsp3) is 0.438. The van der Waals surface area contributed by atoms with E-state index < -0.39 is 18.0 Å². The van der Waals surface area contributed by atoms with Crippen molar-refractivity contribution in [3.05, 3.63) is 23.8 Å². The van der Waals surface area contributed by atoms with Crippen LogP contribution in [0, 0.1) is 0 Å². The van der Waals surface area contributed by atoms with Gasteiger partial charge in [-0.2, -0.15) is 0 Å². The molecule has 140 valence electrons. The Kier molecular flexibility index (Phi) is 10.6. The highest BCUT2D eigenvalue weighted by molar-refractivity contribution is 6.27. The number of ether oxygens (including phenoxy) is 2. The molecule has 0 aliphatic heterocycles. The van der Waals surface area contributed by atoms with Crippen LogP contribution in [-0.2, 0) is 9.59 Å². The Hall–Kier alpha value is -2.65. The minimum atomic E-state index is -1.82. The molecule has 1 rings (SSSR count). The normalized spacial score (nSPS) is 11.1. The van der Waals surface area contributed by atoms with Crippen LogP contribution in [0.5, 0.6) is 11.5 Å². The number of carboxylic acids is 2. The third kappa shape index (κ3) is 9.95. The maximum Gasteiger partial charge on any atom is 0.414 e. The number of aliphatic hydroxyl groups excluding tert-OH is 1. The molecule has 0 amide bonds. The average molecular weight is 357 g/mol. The van der Waals surface area contributed by atoms with E-state index in [0.717, 1.165) is 6.29 Å². The number of benzene rings is 1. The first-order valence-corrected chi connectivity index (χ1v) is 7.34. The molecule has 0 saturated heterocycles. The van der Waals surface area contributed by atoms with Crippen molar-refractivity contribution in [1.82, 2.24) is 5.32 Å². The van der Waals surface area contributed by atoms with E-state index in [1.807, 2.05) is 13.8 Å². The number of aliphatic carboxylic acids is 2. The molecule has 0 bridgehead atoms. The molecule has 1 unspecified atom stereocenters. The lowest BCUT2D eigenvalue weighted by Crippen LogP contribution is -2.35. The summed E-state index contributed by atoms with van der Waals surface area (Å²) in [4.78, 5) is 28.9. The Morgan fingerprint density at radius 1 is 1.20 bits per heavy atom. The minimum absolute atomic E-state index is 0.163. The summed E-state index contributed by atoms with van der Waals surface area (Å²) in [5.74, 6) is -2.66. The van der Waals surface area contributed by atoms with Crippen LogP contribution < -0.4 is 14.8 Å². The van der Waals surface area contributed by atoms with Gasteiger partial charge >= 0.3 is 11.9 Å². The third-order valence-electron chi connectivity index (χ3n) is 2.70. The third-order valence-corrected chi connectivity index (χ3v) is 2.70. The lowest BCUT2D eigenvalue weighted by Gasteiger charge is -2.16. The molecule has 1 aromatic carbocycles. The second kappa shape index (κ2) is 11.8. The first-order valence-electron chi connectivity index (χ1n) is 7.34. The molecule has 0 aliphatic carbocycles. The number of aldehydes is 1. The van der Waals surface area contributed by atoms with Gasteiger partial charge in [0.25, 0.3) is 0 Å². The van der Waals surface area contributed by atoms with E-state index in [0.29, 0.717) is 29.6 Å². The van der Waals surface area contributed by atoms with E-state index in [2.05, 4.69) is 5.32 Å². The largest absolute Gasteiger partial charge is 0.493 e. The van der Waals surface area contributed by atoms with Crippen molar-refractivity contribution >= 4 is 18.2 Å². The van der Waals surface area contributed by atoms with Gasteiger partial charge in [0.15, 0.2) is 11.5 Å². The zero-order valence-corrected chi connectivity index (χ0v) is 14.3. The first-order chi connectivity index (χ1) is 11.7. The van der Waals surface area contributed by atoms with Gasteiger partial charge in [0.2, 0.25) is 0 Å². The summed E-state index contributed by atoms with van der Waals surface area (Å²) < 4.78 is 10.6. The molecule has 0 aromatic heterocycles. The number of aliphatic hydroxyl groups is 1. The monoisotopic (exact) mass is 357 g/mol. The highest BCUT2D eigenvalue weighted by Gasteiger charge is 2.10. The van der Waals surface area contributed by atoms with Gasteiger partial charge in [0, 0.05) is 18.2 Å². The Morgan fingerprint density at radius 3 is 2.24 bits per heavy atom. The number of hydrogen-bond donors (Lipinski definition) is 4. The van der Waals surface area contributed by atoms with Gasteiger partial charge in [-0.1, -0.05) is 13.8 Å². The van der Waals surface area contributed by atoms with Crippen LogP contribution in [0.3, 0.4) is 0 Å². The first kappa shape index (κ1) is 22.4. The highest BCUT2D eigenvalue weighted by Crippen LogP contribution is 2.27. The zero-order valence-electron chi connectivity index (χ0n) is 14.3. The number of carbonyl (C=O) groups is 3. The molecule has 1 aromatic rings. The number of methoxy groups -OCH3 is 1. The van der Waals surface area contributed by atoms with Crippen molar-refractivity contribution < 1.29 is 39.2 Å². The Balaban J connectivity index is 0.000000823. The molecule has 0 heterocycles. The van der Waals surface area contributed by atoms with Gasteiger partial charge in [-0.25, -0.2) is 9.59 Å². The molecule has 9 heteroatoms. The quantitative estimate of drug-likeness (QED) is 0.384. The zero-order chi connectivity index (χ0) is 19.4. The van der Waals surface area contributed by atoms with Gasteiger partial charge in [0.05, 0.1) is 7.11 Å². The maximum atomic E-state index is 10.7. The van der Waals surface area contributed by atoms with Crippen LogP contribution in [0.1, 0.15) is 24.2 Å². The van der Waals surface area contributed by atoms with Gasteiger partial charge in [-0.05, 0) is 18.2 Å². The molecular formula is C16H23NO8. The SMILES string of the molecule is COc1cc(C=O)ccc1OCC(O)CNC(C)C.O=C(O)C(=O)O. The van der Waals surface area contributed by atoms with Crippen molar-refractivity contribution in [2.45, 2.75) is 26.0 Å². The van der Waals surface area contributed by atoms with Crippen LogP contribution in [-0.4, -0.2) is 66.0 Å². The summed E-state index contributed by atoms with van der Waals surface area (Å²) in [7, 11) is 1.51. The number of carbonyl (C=O) groups excluding carboxylic acids is 1. The van der Waals surface area contributed by atoms with Crippen molar-refractivity contribution in [1.29, 1.82) is 0 Å². The number of carboxylic acid groups (broad SMARTS) is 2. The summed E-state index contributed by atoms with van der Waals surface area (Å²) in [5, 5.41) is 27.6. The molecule has 4 N–H and O–H groups in total. The Morgan fingerprint density at radius 2 is 1.80 bits per heavy atom. The van der Waals surface area contributed by atoms with Crippen LogP contribution in [0.15, 0.2) is 18.2 Å². The van der Waals surface area contributed by atoms with E-state index >= 15 is 0 Å². The maximum absolute atomic E-state index is 10.7. The molecule has 0 aliphatic rings. The van der Waals surface area contributed by atoms with Crippen molar-refractivity contribution in [2.24, 2.45) is 0 Å². The molecule has 0 radical (unpaired) electrons.